The van der Waals surface area contributed by atoms with Gasteiger partial charge in [0.1, 0.15) is 6.10 Å². The fourth-order valence-corrected chi connectivity index (χ4v) is 5.61. The second-order valence-corrected chi connectivity index (χ2v) is 13.1. The Kier molecular flexibility index (Phi) is 34.3. The molecule has 0 bridgehead atoms. The highest BCUT2D eigenvalue weighted by Crippen LogP contribution is 2.13. The molecule has 3 atom stereocenters. The first-order valence-electron chi connectivity index (χ1n) is 19.3. The summed E-state index contributed by atoms with van der Waals surface area (Å²) >= 11 is 0. The molecule has 0 fully saturated rings. The average molecular weight is 634 g/mol. The molecule has 0 rings (SSSR count). The van der Waals surface area contributed by atoms with Crippen molar-refractivity contribution in [2.24, 2.45) is 0 Å². The predicted octanol–water partition coefficient (Wildman–Crippen LogP) is 10.4. The largest absolute Gasteiger partial charge is 0.394 e. The monoisotopic (exact) mass is 634 g/mol. The minimum atomic E-state index is -1.11. The van der Waals surface area contributed by atoms with Crippen LogP contribution in [0.5, 0.6) is 0 Å². The Morgan fingerprint density at radius 1 is 0.533 bits per heavy atom. The number of amides is 1. The molecule has 0 aliphatic carbocycles. The zero-order valence-corrected chi connectivity index (χ0v) is 29.7. The summed E-state index contributed by atoms with van der Waals surface area (Å²) < 4.78 is 0. The third-order valence-electron chi connectivity index (χ3n) is 8.70. The quantitative estimate of drug-likeness (QED) is 0.0419. The van der Waals surface area contributed by atoms with Crippen molar-refractivity contribution in [3.63, 3.8) is 0 Å². The zero-order valence-electron chi connectivity index (χ0n) is 29.7. The van der Waals surface area contributed by atoms with Crippen LogP contribution in [0.25, 0.3) is 0 Å². The van der Waals surface area contributed by atoms with Crippen LogP contribution in [0, 0.1) is 0 Å². The molecule has 0 aromatic rings. The molecule has 264 valence electrons. The molecule has 0 radical (unpaired) electrons. The lowest BCUT2D eigenvalue weighted by molar-refractivity contribution is -0.131. The highest BCUT2D eigenvalue weighted by atomic mass is 16.3. The van der Waals surface area contributed by atoms with Gasteiger partial charge in [0, 0.05) is 0 Å². The van der Waals surface area contributed by atoms with Gasteiger partial charge < -0.3 is 20.6 Å². The first-order chi connectivity index (χ1) is 22.1. The van der Waals surface area contributed by atoms with E-state index in [1.165, 1.54) is 128 Å². The van der Waals surface area contributed by atoms with Gasteiger partial charge in [0.15, 0.2) is 0 Å². The topological polar surface area (TPSA) is 89.8 Å². The highest BCUT2D eigenvalue weighted by Gasteiger charge is 2.22. The molecule has 5 nitrogen and oxygen atoms in total. The summed E-state index contributed by atoms with van der Waals surface area (Å²) in [6, 6.07) is -0.814. The Labute approximate surface area is 279 Å². The van der Waals surface area contributed by atoms with Crippen LogP contribution < -0.4 is 5.32 Å². The van der Waals surface area contributed by atoms with E-state index in [2.05, 4.69) is 43.5 Å². The molecule has 0 aromatic carbocycles. The van der Waals surface area contributed by atoms with Gasteiger partial charge >= 0.3 is 0 Å². The second kappa shape index (κ2) is 35.4. The van der Waals surface area contributed by atoms with E-state index in [4.69, 9.17) is 0 Å². The molecule has 45 heavy (non-hydrogen) atoms. The van der Waals surface area contributed by atoms with Gasteiger partial charge in [-0.1, -0.05) is 166 Å². The lowest BCUT2D eigenvalue weighted by Gasteiger charge is -2.21. The minimum absolute atomic E-state index is 0.378. The van der Waals surface area contributed by atoms with E-state index in [0.717, 1.165) is 38.5 Å². The summed E-state index contributed by atoms with van der Waals surface area (Å²) in [5, 5.41) is 32.9. The Morgan fingerprint density at radius 2 is 0.911 bits per heavy atom. The van der Waals surface area contributed by atoms with Gasteiger partial charge in [-0.25, -0.2) is 0 Å². The Morgan fingerprint density at radius 3 is 1.36 bits per heavy atom. The number of hydrogen-bond acceptors (Lipinski definition) is 4. The SMILES string of the molecule is CCCCCCCCC/C=C/CC/C=C/C(O)C(CO)NC(=O)C(O)CCCCCCCC/C=C\CCCCCCCCCC. The third kappa shape index (κ3) is 31.0. The number of aliphatic hydroxyl groups excluding tert-OH is 3. The van der Waals surface area contributed by atoms with Gasteiger partial charge in [-0.05, 0) is 57.8 Å². The summed E-state index contributed by atoms with van der Waals surface area (Å²) in [6.07, 6.45) is 43.0. The Balaban J connectivity index is 3.77. The first kappa shape index (κ1) is 43.6. The first-order valence-corrected chi connectivity index (χ1v) is 19.3. The molecule has 5 heteroatoms. The van der Waals surface area contributed by atoms with E-state index in [9.17, 15) is 20.1 Å². The van der Waals surface area contributed by atoms with Crippen molar-refractivity contribution in [1.29, 1.82) is 0 Å². The maximum absolute atomic E-state index is 12.4. The van der Waals surface area contributed by atoms with Crippen LogP contribution >= 0.6 is 0 Å². The van der Waals surface area contributed by atoms with E-state index in [0.29, 0.717) is 6.42 Å². The van der Waals surface area contributed by atoms with Gasteiger partial charge in [0.2, 0.25) is 5.91 Å². The summed E-state index contributed by atoms with van der Waals surface area (Å²) in [6.45, 7) is 4.14. The van der Waals surface area contributed by atoms with E-state index in [1.54, 1.807) is 6.08 Å². The molecule has 0 aliphatic heterocycles. The average Bonchev–Trinajstić information content (AvgIpc) is 3.04. The fraction of sp³-hybridized carbons (Fsp3) is 0.825. The molecule has 0 aromatic heterocycles. The lowest BCUT2D eigenvalue weighted by atomic mass is 10.0. The van der Waals surface area contributed by atoms with Gasteiger partial charge in [-0.15, -0.1) is 0 Å². The molecule has 4 N–H and O–H groups in total. The van der Waals surface area contributed by atoms with Crippen molar-refractivity contribution in [2.45, 2.75) is 205 Å². The Bertz CT molecular complexity index is 704. The summed E-state index contributed by atoms with van der Waals surface area (Å²) in [5.74, 6) is -0.520. The normalized spacial score (nSPS) is 14.2. The molecule has 3 unspecified atom stereocenters. The maximum Gasteiger partial charge on any atom is 0.249 e. The van der Waals surface area contributed by atoms with Crippen LogP contribution in [0.2, 0.25) is 0 Å². The summed E-state index contributed by atoms with van der Waals surface area (Å²) in [7, 11) is 0. The Hall–Kier alpha value is -1.43. The smallest absolute Gasteiger partial charge is 0.249 e. The number of allylic oxidation sites excluding steroid dienone is 5. The van der Waals surface area contributed by atoms with Crippen LogP contribution in [0.1, 0.15) is 187 Å². The number of aliphatic hydroxyl groups is 3. The van der Waals surface area contributed by atoms with E-state index in [1.807, 2.05) is 6.08 Å². The van der Waals surface area contributed by atoms with Gasteiger partial charge in [-0.2, -0.15) is 0 Å². The molecule has 1 amide bonds. The van der Waals surface area contributed by atoms with Crippen LogP contribution in [0.4, 0.5) is 0 Å². The number of rotatable bonds is 34. The van der Waals surface area contributed by atoms with Gasteiger partial charge in [-0.3, -0.25) is 4.79 Å². The number of carbonyl (C=O) groups is 1. The standard InChI is InChI=1S/C40H75NO4/c1-3-5-7-9-11-13-15-17-18-19-20-21-23-25-27-29-31-33-35-39(44)40(45)41-37(36-42)38(43)34-32-30-28-26-24-22-16-14-12-10-8-6-4-2/h19-20,24,26,32,34,37-39,42-44H,3-18,21-23,25,27-31,33,35-36H2,1-2H3,(H,41,45)/b20-19-,26-24+,34-32+. The van der Waals surface area contributed by atoms with Crippen LogP contribution in [-0.4, -0.2) is 46.1 Å². The van der Waals surface area contributed by atoms with Gasteiger partial charge in [0.25, 0.3) is 0 Å². The number of carbonyl (C=O) groups excluding carboxylic acids is 1. The third-order valence-corrected chi connectivity index (χ3v) is 8.70. The molecule has 0 saturated carbocycles. The van der Waals surface area contributed by atoms with Gasteiger partial charge in [0.05, 0.1) is 18.8 Å². The number of nitrogens with one attached hydrogen (secondary N) is 1. The van der Waals surface area contributed by atoms with Crippen LogP contribution in [0.15, 0.2) is 36.5 Å². The highest BCUT2D eigenvalue weighted by molar-refractivity contribution is 5.80. The molecular formula is C40H75NO4. The lowest BCUT2D eigenvalue weighted by Crippen LogP contribution is -2.48. The number of hydrogen-bond donors (Lipinski definition) is 4. The zero-order chi connectivity index (χ0) is 33.1. The van der Waals surface area contributed by atoms with Crippen molar-refractivity contribution < 1.29 is 20.1 Å². The van der Waals surface area contributed by atoms with Crippen molar-refractivity contribution in [2.75, 3.05) is 6.61 Å². The summed E-state index contributed by atoms with van der Waals surface area (Å²) in [5.41, 5.74) is 0. The van der Waals surface area contributed by atoms with Crippen LogP contribution in [-0.2, 0) is 4.79 Å². The number of unbranched alkanes of at least 4 members (excludes halogenated alkanes) is 22. The van der Waals surface area contributed by atoms with E-state index < -0.39 is 24.2 Å². The maximum atomic E-state index is 12.4. The second-order valence-electron chi connectivity index (χ2n) is 13.1. The summed E-state index contributed by atoms with van der Waals surface area (Å²) in [4.78, 5) is 12.4. The molecular weight excluding hydrogens is 558 g/mol. The van der Waals surface area contributed by atoms with E-state index in [-0.39, 0.29) is 6.61 Å². The fourth-order valence-electron chi connectivity index (χ4n) is 5.61. The van der Waals surface area contributed by atoms with Crippen molar-refractivity contribution in [1.82, 2.24) is 5.32 Å². The molecule has 0 spiro atoms. The van der Waals surface area contributed by atoms with Crippen LogP contribution in [0.3, 0.4) is 0 Å². The minimum Gasteiger partial charge on any atom is -0.394 e. The predicted molar refractivity (Wildman–Crippen MR) is 194 cm³/mol. The van der Waals surface area contributed by atoms with Crippen molar-refractivity contribution in [3.05, 3.63) is 36.5 Å². The van der Waals surface area contributed by atoms with Crippen molar-refractivity contribution in [3.8, 4) is 0 Å². The molecule has 0 saturated heterocycles. The van der Waals surface area contributed by atoms with E-state index >= 15 is 0 Å². The van der Waals surface area contributed by atoms with Crippen molar-refractivity contribution >= 4 is 5.91 Å². The molecule has 0 heterocycles. The molecule has 0 aliphatic rings.